The second kappa shape index (κ2) is 7.89. The Hall–Kier alpha value is -1.08. The zero-order chi connectivity index (χ0) is 19.6. The maximum atomic E-state index is 12.6. The van der Waals surface area contributed by atoms with Gasteiger partial charge < -0.3 is 10.6 Å². The lowest BCUT2D eigenvalue weighted by Crippen LogP contribution is -2.48. The van der Waals surface area contributed by atoms with E-state index >= 15 is 0 Å². The molecule has 1 unspecified atom stereocenters. The number of nitrogens with zero attached hydrogens (tertiary/aromatic N) is 2. The third-order valence-corrected chi connectivity index (χ3v) is 7.96. The van der Waals surface area contributed by atoms with Crippen molar-refractivity contribution < 1.29 is 30.0 Å². The summed E-state index contributed by atoms with van der Waals surface area (Å²) in [6, 6.07) is -0.218. The van der Waals surface area contributed by atoms with Gasteiger partial charge in [0.15, 0.2) is 15.8 Å². The van der Waals surface area contributed by atoms with Crippen LogP contribution in [-0.2, 0) is 19.9 Å². The molecule has 2 aliphatic heterocycles. The van der Waals surface area contributed by atoms with Gasteiger partial charge in [-0.2, -0.15) is 17.5 Å². The first kappa shape index (κ1) is 21.2. The maximum Gasteiger partial charge on any atom is 0.511 e. The molecule has 2 saturated heterocycles. The highest BCUT2D eigenvalue weighted by molar-refractivity contribution is 7.91. The van der Waals surface area contributed by atoms with Crippen molar-refractivity contribution in [2.45, 2.75) is 30.8 Å². The number of piperidine rings is 1. The summed E-state index contributed by atoms with van der Waals surface area (Å²) in [4.78, 5) is 4.01. The Morgan fingerprint density at radius 1 is 1.23 bits per heavy atom. The Kier molecular flexibility index (Phi) is 6.44. The molecule has 8 nitrogen and oxygen atoms in total. The van der Waals surface area contributed by atoms with Crippen LogP contribution in [0.3, 0.4) is 0 Å². The molecule has 2 heterocycles. The van der Waals surface area contributed by atoms with Gasteiger partial charge in [-0.1, -0.05) is 0 Å². The first-order valence-electron chi connectivity index (χ1n) is 8.18. The zero-order valence-corrected chi connectivity index (χ0v) is 15.9. The summed E-state index contributed by atoms with van der Waals surface area (Å²) in [5.74, 6) is 0.604. The van der Waals surface area contributed by atoms with Crippen molar-refractivity contribution in [1.29, 1.82) is 0 Å². The van der Waals surface area contributed by atoms with Crippen molar-refractivity contribution in [2.75, 3.05) is 38.2 Å². The van der Waals surface area contributed by atoms with Crippen LogP contribution in [0.2, 0.25) is 0 Å². The van der Waals surface area contributed by atoms with Crippen molar-refractivity contribution in [2.24, 2.45) is 10.9 Å². The largest absolute Gasteiger partial charge is 0.511 e. The van der Waals surface area contributed by atoms with Crippen LogP contribution >= 0.6 is 0 Å². The average molecular weight is 420 g/mol. The molecule has 2 aliphatic rings. The van der Waals surface area contributed by atoms with Crippen molar-refractivity contribution in [3.8, 4) is 0 Å². The molecule has 0 aliphatic carbocycles. The summed E-state index contributed by atoms with van der Waals surface area (Å²) in [6.07, 6.45) is 1.10. The molecule has 26 heavy (non-hydrogen) atoms. The standard InChI is InChI=1S/C13H23F3N4O4S2/c1-17-12(19-11-4-7-25(21,22)9-11)18-8-10-2-5-20(6-3-10)26(23,24)13(14,15)16/h10-11H,2-9H2,1H3,(H2,17,18,19). The summed E-state index contributed by atoms with van der Waals surface area (Å²) in [5, 5.41) is 6.05. The number of guanidine groups is 1. The van der Waals surface area contributed by atoms with Gasteiger partial charge in [0.2, 0.25) is 0 Å². The zero-order valence-electron chi connectivity index (χ0n) is 14.3. The number of alkyl halides is 3. The van der Waals surface area contributed by atoms with E-state index in [0.717, 1.165) is 0 Å². The number of halogens is 3. The summed E-state index contributed by atoms with van der Waals surface area (Å²) < 4.78 is 83.8. The van der Waals surface area contributed by atoms with E-state index in [1.54, 1.807) is 0 Å². The van der Waals surface area contributed by atoms with Crippen LogP contribution in [0, 0.1) is 5.92 Å². The molecule has 0 amide bonds. The summed E-state index contributed by atoms with van der Waals surface area (Å²) in [6.45, 7) is 0.0568. The first-order chi connectivity index (χ1) is 11.9. The predicted octanol–water partition coefficient (Wildman–Crippen LogP) is -0.0999. The monoisotopic (exact) mass is 420 g/mol. The highest BCUT2D eigenvalue weighted by atomic mass is 32.2. The van der Waals surface area contributed by atoms with E-state index in [1.165, 1.54) is 7.05 Å². The lowest BCUT2D eigenvalue weighted by atomic mass is 9.98. The lowest BCUT2D eigenvalue weighted by Gasteiger charge is -2.32. The molecule has 0 radical (unpaired) electrons. The number of aliphatic imine (C=N–C) groups is 1. The Morgan fingerprint density at radius 2 is 1.85 bits per heavy atom. The fourth-order valence-corrected chi connectivity index (χ4v) is 5.70. The number of nitrogens with one attached hydrogen (secondary N) is 2. The highest BCUT2D eigenvalue weighted by Gasteiger charge is 2.50. The molecular formula is C13H23F3N4O4S2. The molecular weight excluding hydrogens is 397 g/mol. The Morgan fingerprint density at radius 3 is 2.31 bits per heavy atom. The van der Waals surface area contributed by atoms with Crippen molar-refractivity contribution in [3.05, 3.63) is 0 Å². The molecule has 0 bridgehead atoms. The van der Waals surface area contributed by atoms with E-state index in [4.69, 9.17) is 0 Å². The van der Waals surface area contributed by atoms with Crippen LogP contribution in [0.4, 0.5) is 13.2 Å². The molecule has 2 fully saturated rings. The molecule has 0 aromatic rings. The minimum Gasteiger partial charge on any atom is -0.356 e. The van der Waals surface area contributed by atoms with Gasteiger partial charge in [-0.15, -0.1) is 0 Å². The van der Waals surface area contributed by atoms with E-state index in [-0.39, 0.29) is 36.6 Å². The van der Waals surface area contributed by atoms with Gasteiger partial charge in [0.1, 0.15) is 0 Å². The van der Waals surface area contributed by atoms with Crippen LogP contribution in [0.1, 0.15) is 19.3 Å². The fraction of sp³-hybridized carbons (Fsp3) is 0.923. The van der Waals surface area contributed by atoms with Crippen molar-refractivity contribution >= 4 is 25.8 Å². The van der Waals surface area contributed by atoms with E-state index in [0.29, 0.717) is 36.1 Å². The van der Waals surface area contributed by atoms with Crippen LogP contribution in [-0.4, -0.2) is 76.8 Å². The summed E-state index contributed by atoms with van der Waals surface area (Å²) in [5.41, 5.74) is -5.27. The Labute approximate surface area is 151 Å². The van der Waals surface area contributed by atoms with E-state index in [2.05, 4.69) is 15.6 Å². The number of hydrogen-bond acceptors (Lipinski definition) is 5. The molecule has 0 aromatic heterocycles. The van der Waals surface area contributed by atoms with Gasteiger partial charge >= 0.3 is 15.5 Å². The topological polar surface area (TPSA) is 108 Å². The average Bonchev–Trinajstić information content (AvgIpc) is 2.89. The second-order valence-corrected chi connectivity index (χ2v) is 10.6. The number of rotatable bonds is 4. The van der Waals surface area contributed by atoms with Crippen LogP contribution in [0.25, 0.3) is 0 Å². The normalized spacial score (nSPS) is 26.0. The summed E-state index contributed by atoms with van der Waals surface area (Å²) >= 11 is 0. The molecule has 2 rings (SSSR count). The van der Waals surface area contributed by atoms with Crippen molar-refractivity contribution in [3.63, 3.8) is 0 Å². The van der Waals surface area contributed by atoms with Crippen LogP contribution in [0.5, 0.6) is 0 Å². The molecule has 13 heteroatoms. The van der Waals surface area contributed by atoms with E-state index in [9.17, 15) is 30.0 Å². The van der Waals surface area contributed by atoms with Gasteiger partial charge in [0.25, 0.3) is 0 Å². The van der Waals surface area contributed by atoms with E-state index < -0.39 is 25.4 Å². The number of sulfonamides is 1. The molecule has 152 valence electrons. The minimum atomic E-state index is -5.27. The summed E-state index contributed by atoms with van der Waals surface area (Å²) in [7, 11) is -6.74. The molecule has 0 saturated carbocycles. The second-order valence-electron chi connectivity index (χ2n) is 6.49. The van der Waals surface area contributed by atoms with E-state index in [1.807, 2.05) is 0 Å². The quantitative estimate of drug-likeness (QED) is 0.486. The SMILES string of the molecule is CN=C(NCC1CCN(S(=O)(=O)C(F)(F)F)CC1)NC1CCS(=O)(=O)C1. The van der Waals surface area contributed by atoms with Crippen LogP contribution in [0.15, 0.2) is 4.99 Å². The number of hydrogen-bond donors (Lipinski definition) is 2. The van der Waals surface area contributed by atoms with Gasteiger partial charge in [-0.05, 0) is 25.2 Å². The lowest BCUT2D eigenvalue weighted by molar-refractivity contribution is -0.0496. The first-order valence-corrected chi connectivity index (χ1v) is 11.4. The van der Waals surface area contributed by atoms with Crippen LogP contribution < -0.4 is 10.6 Å². The predicted molar refractivity (Wildman–Crippen MR) is 90.8 cm³/mol. The minimum absolute atomic E-state index is 0.000504. The molecule has 1 atom stereocenters. The van der Waals surface area contributed by atoms with Gasteiger partial charge in [-0.3, -0.25) is 4.99 Å². The number of sulfone groups is 1. The third-order valence-electron chi connectivity index (χ3n) is 4.56. The molecule has 0 aromatic carbocycles. The van der Waals surface area contributed by atoms with Gasteiger partial charge in [0, 0.05) is 32.7 Å². The highest BCUT2D eigenvalue weighted by Crippen LogP contribution is 2.30. The Balaban J connectivity index is 1.79. The molecule has 2 N–H and O–H groups in total. The third kappa shape index (κ3) is 5.22. The Bertz CT molecular complexity index is 729. The smallest absolute Gasteiger partial charge is 0.356 e. The van der Waals surface area contributed by atoms with Gasteiger partial charge in [-0.25, -0.2) is 16.8 Å². The van der Waals surface area contributed by atoms with Crippen molar-refractivity contribution in [1.82, 2.24) is 14.9 Å². The van der Waals surface area contributed by atoms with Gasteiger partial charge in [0.05, 0.1) is 11.5 Å². The fourth-order valence-electron chi connectivity index (χ4n) is 3.04. The molecule has 0 spiro atoms. The maximum absolute atomic E-state index is 12.6.